The van der Waals surface area contributed by atoms with Gasteiger partial charge in [0.25, 0.3) is 0 Å². The van der Waals surface area contributed by atoms with Gasteiger partial charge in [-0.2, -0.15) is 0 Å². The van der Waals surface area contributed by atoms with Crippen LogP contribution in [-0.2, 0) is 17.6 Å². The molecule has 0 spiro atoms. The fourth-order valence-corrected chi connectivity index (χ4v) is 3.24. The molecule has 1 atom stereocenters. The Hall–Kier alpha value is -1.88. The van der Waals surface area contributed by atoms with Crippen molar-refractivity contribution < 1.29 is 14.3 Å². The molecule has 0 aliphatic heterocycles. The first-order valence-electron chi connectivity index (χ1n) is 7.99. The van der Waals surface area contributed by atoms with Crippen LogP contribution in [0.4, 0.5) is 0 Å². The maximum atomic E-state index is 12.0. The van der Waals surface area contributed by atoms with E-state index in [0.29, 0.717) is 23.8 Å². The number of methoxy groups -OCH3 is 2. The zero-order valence-corrected chi connectivity index (χ0v) is 14.7. The molecule has 1 aromatic carbocycles. The van der Waals surface area contributed by atoms with E-state index in [-0.39, 0.29) is 11.5 Å². The fraction of sp³-hybridized carbons (Fsp3) is 0.556. The third-order valence-corrected chi connectivity index (χ3v) is 4.65. The lowest BCUT2D eigenvalue weighted by Gasteiger charge is -2.32. The standard InChI is InChI=1S/C18H26N2O3/c1-6-15(21)17(19)14-10-16(22-4)13-9-11(20(2)3)7-8-12(13)18(14)23-5/h10-11,19H,6-9H2,1-5H3. The quantitative estimate of drug-likeness (QED) is 0.819. The summed E-state index contributed by atoms with van der Waals surface area (Å²) in [6, 6.07) is 2.25. The Morgan fingerprint density at radius 1 is 1.30 bits per heavy atom. The zero-order chi connectivity index (χ0) is 17.1. The number of nitrogens with one attached hydrogen (secondary N) is 1. The van der Waals surface area contributed by atoms with Crippen LogP contribution in [0.1, 0.15) is 36.5 Å². The number of carbonyl (C=O) groups excluding carboxylic acids is 1. The predicted octanol–water partition coefficient (Wildman–Crippen LogP) is 2.47. The number of nitrogens with zero attached hydrogens (tertiary/aromatic N) is 1. The molecule has 1 aliphatic carbocycles. The number of carbonyl (C=O) groups is 1. The molecule has 0 saturated carbocycles. The number of fused-ring (bicyclic) bond motifs is 1. The van der Waals surface area contributed by atoms with Crippen molar-refractivity contribution in [3.8, 4) is 11.5 Å². The number of ketones is 1. The second-order valence-corrected chi connectivity index (χ2v) is 6.13. The monoisotopic (exact) mass is 318 g/mol. The summed E-state index contributed by atoms with van der Waals surface area (Å²) in [6.45, 7) is 1.76. The number of hydrogen-bond donors (Lipinski definition) is 1. The van der Waals surface area contributed by atoms with Gasteiger partial charge in [-0.05, 0) is 39.4 Å². The highest BCUT2D eigenvalue weighted by Crippen LogP contribution is 2.40. The van der Waals surface area contributed by atoms with Crippen LogP contribution in [0.3, 0.4) is 0 Å². The molecule has 1 aliphatic rings. The molecule has 0 radical (unpaired) electrons. The van der Waals surface area contributed by atoms with E-state index < -0.39 is 0 Å². The highest BCUT2D eigenvalue weighted by molar-refractivity contribution is 6.45. The molecule has 0 bridgehead atoms. The molecular formula is C18H26N2O3. The average molecular weight is 318 g/mol. The minimum atomic E-state index is -0.188. The summed E-state index contributed by atoms with van der Waals surface area (Å²) < 4.78 is 11.2. The smallest absolute Gasteiger partial charge is 0.180 e. The molecule has 5 heteroatoms. The first-order chi connectivity index (χ1) is 10.9. The molecule has 0 fully saturated rings. The number of benzene rings is 1. The number of likely N-dealkylation sites (N-methyl/N-ethyl adjacent to an activating group) is 1. The van der Waals surface area contributed by atoms with Crippen LogP contribution >= 0.6 is 0 Å². The zero-order valence-electron chi connectivity index (χ0n) is 14.7. The van der Waals surface area contributed by atoms with Gasteiger partial charge in [0.15, 0.2) is 5.78 Å². The van der Waals surface area contributed by atoms with Crippen LogP contribution in [-0.4, -0.2) is 50.8 Å². The second kappa shape index (κ2) is 7.13. The molecule has 1 unspecified atom stereocenters. The van der Waals surface area contributed by atoms with Crippen LogP contribution in [0.5, 0.6) is 11.5 Å². The molecule has 126 valence electrons. The van der Waals surface area contributed by atoms with Gasteiger partial charge in [-0.15, -0.1) is 0 Å². The normalized spacial score (nSPS) is 16.9. The lowest BCUT2D eigenvalue weighted by Crippen LogP contribution is -2.34. The molecule has 0 saturated heterocycles. The maximum Gasteiger partial charge on any atom is 0.180 e. The van der Waals surface area contributed by atoms with E-state index in [1.54, 1.807) is 27.2 Å². The molecule has 5 nitrogen and oxygen atoms in total. The number of Topliss-reactive ketones (excluding diaryl/α,β-unsaturated/α-hetero) is 1. The Labute approximate surface area is 138 Å². The van der Waals surface area contributed by atoms with Crippen molar-refractivity contribution in [1.82, 2.24) is 4.90 Å². The number of ether oxygens (including phenoxy) is 2. The first kappa shape index (κ1) is 17.5. The summed E-state index contributed by atoms with van der Waals surface area (Å²) in [4.78, 5) is 14.2. The third kappa shape index (κ3) is 3.24. The van der Waals surface area contributed by atoms with Crippen LogP contribution in [0.15, 0.2) is 6.07 Å². The lowest BCUT2D eigenvalue weighted by molar-refractivity contribution is -0.112. The topological polar surface area (TPSA) is 62.6 Å². The van der Waals surface area contributed by atoms with Gasteiger partial charge in [0.2, 0.25) is 0 Å². The summed E-state index contributed by atoms with van der Waals surface area (Å²) in [7, 11) is 7.41. The van der Waals surface area contributed by atoms with Crippen molar-refractivity contribution in [2.75, 3.05) is 28.3 Å². The minimum absolute atomic E-state index is 0.000169. The van der Waals surface area contributed by atoms with Gasteiger partial charge in [-0.1, -0.05) is 6.92 Å². The Balaban J connectivity index is 2.57. The summed E-state index contributed by atoms with van der Waals surface area (Å²) in [5.74, 6) is 1.22. The van der Waals surface area contributed by atoms with E-state index in [9.17, 15) is 4.79 Å². The molecule has 0 heterocycles. The van der Waals surface area contributed by atoms with Gasteiger partial charge in [0, 0.05) is 29.2 Å². The average Bonchev–Trinajstić information content (AvgIpc) is 2.58. The Morgan fingerprint density at radius 3 is 2.52 bits per heavy atom. The largest absolute Gasteiger partial charge is 0.496 e. The van der Waals surface area contributed by atoms with Gasteiger partial charge in [0.05, 0.1) is 14.2 Å². The predicted molar refractivity (Wildman–Crippen MR) is 91.2 cm³/mol. The molecule has 23 heavy (non-hydrogen) atoms. The van der Waals surface area contributed by atoms with E-state index >= 15 is 0 Å². The van der Waals surface area contributed by atoms with Crippen molar-refractivity contribution in [1.29, 1.82) is 5.41 Å². The highest BCUT2D eigenvalue weighted by atomic mass is 16.5. The lowest BCUT2D eigenvalue weighted by atomic mass is 9.84. The van der Waals surface area contributed by atoms with Gasteiger partial charge < -0.3 is 14.4 Å². The Bertz CT molecular complexity index is 623. The van der Waals surface area contributed by atoms with E-state index in [2.05, 4.69) is 19.0 Å². The molecule has 0 aromatic heterocycles. The molecule has 0 amide bonds. The minimum Gasteiger partial charge on any atom is -0.496 e. The van der Waals surface area contributed by atoms with Crippen molar-refractivity contribution in [2.45, 2.75) is 38.6 Å². The highest BCUT2D eigenvalue weighted by Gasteiger charge is 2.29. The summed E-state index contributed by atoms with van der Waals surface area (Å²) in [6.07, 6.45) is 3.08. The van der Waals surface area contributed by atoms with Crippen molar-refractivity contribution >= 4 is 11.5 Å². The van der Waals surface area contributed by atoms with E-state index in [1.807, 2.05) is 0 Å². The number of rotatable bonds is 6. The summed E-state index contributed by atoms with van der Waals surface area (Å²) >= 11 is 0. The number of hydrogen-bond acceptors (Lipinski definition) is 5. The fourth-order valence-electron chi connectivity index (χ4n) is 3.24. The SMILES string of the molecule is CCC(=O)C(=N)c1cc(OC)c2c(c1OC)CCC(N(C)C)C2. The molecule has 2 rings (SSSR count). The van der Waals surface area contributed by atoms with Crippen LogP contribution in [0.2, 0.25) is 0 Å². The van der Waals surface area contributed by atoms with Crippen molar-refractivity contribution in [3.05, 3.63) is 22.8 Å². The van der Waals surface area contributed by atoms with Gasteiger partial charge in [0.1, 0.15) is 17.2 Å². The molecular weight excluding hydrogens is 292 g/mol. The van der Waals surface area contributed by atoms with Gasteiger partial charge in [-0.25, -0.2) is 0 Å². The third-order valence-electron chi connectivity index (χ3n) is 4.65. The van der Waals surface area contributed by atoms with Gasteiger partial charge in [-0.3, -0.25) is 10.2 Å². The van der Waals surface area contributed by atoms with Crippen molar-refractivity contribution in [2.24, 2.45) is 0 Å². The van der Waals surface area contributed by atoms with Crippen molar-refractivity contribution in [3.63, 3.8) is 0 Å². The first-order valence-corrected chi connectivity index (χ1v) is 7.99. The van der Waals surface area contributed by atoms with E-state index in [0.717, 1.165) is 36.1 Å². The maximum absolute atomic E-state index is 12.0. The van der Waals surface area contributed by atoms with E-state index in [4.69, 9.17) is 14.9 Å². The van der Waals surface area contributed by atoms with Crippen LogP contribution in [0.25, 0.3) is 0 Å². The Morgan fingerprint density at radius 2 is 2.00 bits per heavy atom. The van der Waals surface area contributed by atoms with E-state index in [1.165, 1.54) is 0 Å². The summed E-state index contributed by atoms with van der Waals surface area (Å²) in [5, 5.41) is 8.18. The Kier molecular flexibility index (Phi) is 5.42. The molecule has 1 N–H and O–H groups in total. The van der Waals surface area contributed by atoms with Gasteiger partial charge >= 0.3 is 0 Å². The second-order valence-electron chi connectivity index (χ2n) is 6.13. The van der Waals surface area contributed by atoms with Crippen LogP contribution < -0.4 is 9.47 Å². The molecule has 1 aromatic rings. The van der Waals surface area contributed by atoms with Crippen LogP contribution in [0, 0.1) is 5.41 Å². The summed E-state index contributed by atoms with van der Waals surface area (Å²) in [5.41, 5.74) is 2.75.